The Hall–Kier alpha value is -0.710. The van der Waals surface area contributed by atoms with Crippen LogP contribution in [0.4, 0.5) is 0 Å². The Labute approximate surface area is 64.5 Å². The van der Waals surface area contributed by atoms with Gasteiger partial charge >= 0.3 is 0 Å². The summed E-state index contributed by atoms with van der Waals surface area (Å²) in [5.74, 6) is 0. The van der Waals surface area contributed by atoms with Gasteiger partial charge in [0.2, 0.25) is 0 Å². The lowest BCUT2D eigenvalue weighted by atomic mass is 10.7. The second kappa shape index (κ2) is 2.92. The number of hydrogen-bond acceptors (Lipinski definition) is 3. The van der Waals surface area contributed by atoms with E-state index in [1.165, 1.54) is 7.05 Å². The van der Waals surface area contributed by atoms with Crippen molar-refractivity contribution < 1.29 is 0 Å². The molecule has 0 radical (unpaired) electrons. The zero-order chi connectivity index (χ0) is 7.56. The van der Waals surface area contributed by atoms with Crippen LogP contribution in [-0.4, -0.2) is 23.2 Å². The number of nitrogens with zero attached hydrogens (tertiary/aromatic N) is 2. The van der Waals surface area contributed by atoms with Crippen molar-refractivity contribution in [1.29, 1.82) is 0 Å². The SMILES string of the molecule is CN(N=O)C(=S)NC1CC1. The first-order valence-corrected chi connectivity index (χ1v) is 3.52. The third-order valence-electron chi connectivity index (χ3n) is 1.32. The topological polar surface area (TPSA) is 44.7 Å². The van der Waals surface area contributed by atoms with Gasteiger partial charge in [0.15, 0.2) is 5.11 Å². The molecule has 0 unspecified atom stereocenters. The van der Waals surface area contributed by atoms with Gasteiger partial charge in [0.05, 0.1) is 5.29 Å². The van der Waals surface area contributed by atoms with Gasteiger partial charge in [0, 0.05) is 13.1 Å². The van der Waals surface area contributed by atoms with Gasteiger partial charge in [-0.1, -0.05) is 0 Å². The van der Waals surface area contributed by atoms with Crippen LogP contribution in [-0.2, 0) is 0 Å². The Morgan fingerprint density at radius 1 is 1.80 bits per heavy atom. The van der Waals surface area contributed by atoms with Crippen LogP contribution in [0.25, 0.3) is 0 Å². The summed E-state index contributed by atoms with van der Waals surface area (Å²) >= 11 is 4.81. The lowest BCUT2D eigenvalue weighted by Crippen LogP contribution is -2.34. The summed E-state index contributed by atoms with van der Waals surface area (Å²) in [6, 6.07) is 0.483. The van der Waals surface area contributed by atoms with Crippen molar-refractivity contribution in [3.8, 4) is 0 Å². The Bertz CT molecular complexity index is 157. The van der Waals surface area contributed by atoms with Crippen molar-refractivity contribution in [1.82, 2.24) is 10.3 Å². The van der Waals surface area contributed by atoms with E-state index in [-0.39, 0.29) is 0 Å². The summed E-state index contributed by atoms with van der Waals surface area (Å²) in [5, 5.41) is 7.15. The molecule has 4 nitrogen and oxygen atoms in total. The minimum Gasteiger partial charge on any atom is -0.358 e. The van der Waals surface area contributed by atoms with Gasteiger partial charge in [-0.05, 0) is 25.1 Å². The monoisotopic (exact) mass is 159 g/mol. The van der Waals surface area contributed by atoms with Gasteiger partial charge in [0.1, 0.15) is 0 Å². The van der Waals surface area contributed by atoms with Crippen molar-refractivity contribution in [2.75, 3.05) is 7.05 Å². The number of rotatable bonds is 2. The molecule has 0 aromatic carbocycles. The Morgan fingerprint density at radius 3 is 2.80 bits per heavy atom. The maximum Gasteiger partial charge on any atom is 0.192 e. The summed E-state index contributed by atoms with van der Waals surface area (Å²) in [6.45, 7) is 0. The minimum absolute atomic E-state index is 0.414. The highest BCUT2D eigenvalue weighted by Gasteiger charge is 2.22. The summed E-state index contributed by atoms with van der Waals surface area (Å²) in [6.07, 6.45) is 2.29. The van der Waals surface area contributed by atoms with E-state index in [0.29, 0.717) is 11.2 Å². The smallest absolute Gasteiger partial charge is 0.192 e. The fourth-order valence-corrected chi connectivity index (χ4v) is 0.733. The van der Waals surface area contributed by atoms with Crippen molar-refractivity contribution >= 4 is 17.3 Å². The molecule has 0 aromatic heterocycles. The molecule has 0 atom stereocenters. The van der Waals surface area contributed by atoms with Crippen LogP contribution < -0.4 is 5.32 Å². The second-order valence-corrected chi connectivity index (χ2v) is 2.72. The third-order valence-corrected chi connectivity index (χ3v) is 1.70. The Balaban J connectivity index is 2.24. The first-order chi connectivity index (χ1) is 4.74. The van der Waals surface area contributed by atoms with Gasteiger partial charge in [-0.2, -0.15) is 0 Å². The van der Waals surface area contributed by atoms with Crippen LogP contribution in [0.2, 0.25) is 0 Å². The van der Waals surface area contributed by atoms with Gasteiger partial charge in [-0.15, -0.1) is 4.91 Å². The summed E-state index contributed by atoms with van der Waals surface area (Å²) in [7, 11) is 1.53. The molecule has 1 N–H and O–H groups in total. The molecule has 1 aliphatic rings. The average molecular weight is 159 g/mol. The molecular formula is C5H9N3OS. The van der Waals surface area contributed by atoms with Crippen molar-refractivity contribution in [2.45, 2.75) is 18.9 Å². The van der Waals surface area contributed by atoms with E-state index in [0.717, 1.165) is 17.9 Å². The summed E-state index contributed by atoms with van der Waals surface area (Å²) < 4.78 is 0. The highest BCUT2D eigenvalue weighted by molar-refractivity contribution is 7.80. The first-order valence-electron chi connectivity index (χ1n) is 3.11. The van der Waals surface area contributed by atoms with Crippen molar-refractivity contribution in [3.05, 3.63) is 4.91 Å². The average Bonchev–Trinajstić information content (AvgIpc) is 2.70. The van der Waals surface area contributed by atoms with Gasteiger partial charge in [-0.3, -0.25) is 0 Å². The molecule has 0 heterocycles. The van der Waals surface area contributed by atoms with Crippen LogP contribution in [0.5, 0.6) is 0 Å². The van der Waals surface area contributed by atoms with Crippen LogP contribution in [0.3, 0.4) is 0 Å². The quantitative estimate of drug-likeness (QED) is 0.365. The minimum atomic E-state index is 0.414. The van der Waals surface area contributed by atoms with E-state index in [4.69, 9.17) is 12.2 Å². The summed E-state index contributed by atoms with van der Waals surface area (Å²) in [5.41, 5.74) is 0. The molecular weight excluding hydrogens is 150 g/mol. The first kappa shape index (κ1) is 7.40. The van der Waals surface area contributed by atoms with Gasteiger partial charge in [-0.25, -0.2) is 5.01 Å². The van der Waals surface area contributed by atoms with Gasteiger partial charge < -0.3 is 5.32 Å². The maximum absolute atomic E-state index is 9.90. The lowest BCUT2D eigenvalue weighted by molar-refractivity contribution is 0.522. The van der Waals surface area contributed by atoms with Gasteiger partial charge in [0.25, 0.3) is 0 Å². The molecule has 0 bridgehead atoms. The van der Waals surface area contributed by atoms with E-state index in [1.54, 1.807) is 0 Å². The highest BCUT2D eigenvalue weighted by atomic mass is 32.1. The van der Waals surface area contributed by atoms with Crippen LogP contribution in [0, 0.1) is 4.91 Å². The normalized spacial score (nSPS) is 16.1. The molecule has 1 aliphatic carbocycles. The largest absolute Gasteiger partial charge is 0.358 e. The Kier molecular flexibility index (Phi) is 2.16. The predicted molar refractivity (Wildman–Crippen MR) is 42.3 cm³/mol. The highest BCUT2D eigenvalue weighted by Crippen LogP contribution is 2.18. The van der Waals surface area contributed by atoms with E-state index in [2.05, 4.69) is 10.6 Å². The van der Waals surface area contributed by atoms with Crippen molar-refractivity contribution in [2.24, 2.45) is 5.29 Å². The summed E-state index contributed by atoms with van der Waals surface area (Å²) in [4.78, 5) is 9.90. The number of thiocarbonyl (C=S) groups is 1. The second-order valence-electron chi connectivity index (χ2n) is 2.33. The maximum atomic E-state index is 9.90. The molecule has 1 fully saturated rings. The van der Waals surface area contributed by atoms with E-state index >= 15 is 0 Å². The zero-order valence-corrected chi connectivity index (χ0v) is 6.52. The molecule has 0 aromatic rings. The molecule has 0 saturated heterocycles. The van der Waals surface area contributed by atoms with E-state index in [1.807, 2.05) is 0 Å². The molecule has 0 amide bonds. The molecule has 0 spiro atoms. The third kappa shape index (κ3) is 1.91. The molecule has 1 rings (SSSR count). The molecule has 5 heteroatoms. The predicted octanol–water partition coefficient (Wildman–Crippen LogP) is 0.636. The molecule has 10 heavy (non-hydrogen) atoms. The number of hydrogen-bond donors (Lipinski definition) is 1. The fourth-order valence-electron chi connectivity index (χ4n) is 0.533. The molecule has 1 saturated carbocycles. The zero-order valence-electron chi connectivity index (χ0n) is 5.70. The lowest BCUT2D eigenvalue weighted by Gasteiger charge is -2.10. The number of nitroso groups, excluding NO2 is 1. The van der Waals surface area contributed by atoms with E-state index in [9.17, 15) is 4.91 Å². The van der Waals surface area contributed by atoms with Crippen molar-refractivity contribution in [3.63, 3.8) is 0 Å². The molecule has 0 aliphatic heterocycles. The standard InChI is InChI=1S/C5H9N3OS/c1-8(7-9)5(10)6-4-2-3-4/h4H,2-3H2,1H3,(H,6,10). The van der Waals surface area contributed by atoms with E-state index < -0.39 is 0 Å². The van der Waals surface area contributed by atoms with Crippen LogP contribution in [0.15, 0.2) is 5.29 Å². The fraction of sp³-hybridized carbons (Fsp3) is 0.800. The molecule has 56 valence electrons. The van der Waals surface area contributed by atoms with Crippen LogP contribution >= 0.6 is 12.2 Å². The number of nitrogens with one attached hydrogen (secondary N) is 1. The Morgan fingerprint density at radius 2 is 2.40 bits per heavy atom. The van der Waals surface area contributed by atoms with Crippen LogP contribution in [0.1, 0.15) is 12.8 Å².